The Morgan fingerprint density at radius 3 is 2.43 bits per heavy atom. The number of nitrogens with one attached hydrogen (secondary N) is 2. The number of carbonyl (C=O) groups is 1. The summed E-state index contributed by atoms with van der Waals surface area (Å²) in [5.74, 6) is 0. The van der Waals surface area contributed by atoms with Crippen LogP contribution in [-0.2, 0) is 26.6 Å². The summed E-state index contributed by atoms with van der Waals surface area (Å²) in [7, 11) is 5.98. The number of rotatable bonds is 7. The van der Waals surface area contributed by atoms with Gasteiger partial charge in [-0.2, -0.15) is 5.10 Å². The predicted molar refractivity (Wildman–Crippen MR) is 91.0 cm³/mol. The molecule has 23 heavy (non-hydrogen) atoms. The average molecular weight is 315 g/mol. The van der Waals surface area contributed by atoms with Crippen LogP contribution in [0.3, 0.4) is 0 Å². The first kappa shape index (κ1) is 17.0. The highest BCUT2D eigenvalue weighted by molar-refractivity contribution is 5.73. The van der Waals surface area contributed by atoms with E-state index in [-0.39, 0.29) is 6.03 Å². The third kappa shape index (κ3) is 6.12. The van der Waals surface area contributed by atoms with Crippen LogP contribution >= 0.6 is 0 Å². The normalized spacial score (nSPS) is 10.8. The van der Waals surface area contributed by atoms with Gasteiger partial charge in [0.2, 0.25) is 0 Å². The lowest BCUT2D eigenvalue weighted by molar-refractivity contribution is 0.240. The van der Waals surface area contributed by atoms with Gasteiger partial charge in [-0.3, -0.25) is 4.68 Å². The van der Waals surface area contributed by atoms with E-state index in [9.17, 15) is 4.79 Å². The maximum Gasteiger partial charge on any atom is 0.315 e. The molecule has 0 unspecified atom stereocenters. The summed E-state index contributed by atoms with van der Waals surface area (Å²) in [4.78, 5) is 13.9. The summed E-state index contributed by atoms with van der Waals surface area (Å²) in [6, 6.07) is 8.14. The lowest BCUT2D eigenvalue weighted by Crippen LogP contribution is -2.36. The number of aromatic nitrogens is 2. The monoisotopic (exact) mass is 315 g/mol. The molecule has 1 heterocycles. The average Bonchev–Trinajstić information content (AvgIpc) is 2.91. The SMILES string of the molecule is CN(C)Cc1ccc(CNC(=O)NCCc2cnn(C)c2)cc1. The van der Waals surface area contributed by atoms with Crippen LogP contribution in [0.15, 0.2) is 36.7 Å². The van der Waals surface area contributed by atoms with Crippen molar-refractivity contribution < 1.29 is 4.79 Å². The molecule has 2 N–H and O–H groups in total. The highest BCUT2D eigenvalue weighted by Crippen LogP contribution is 2.06. The molecule has 0 spiro atoms. The van der Waals surface area contributed by atoms with E-state index in [1.807, 2.05) is 33.5 Å². The molecule has 0 bridgehead atoms. The lowest BCUT2D eigenvalue weighted by Gasteiger charge is -2.11. The Morgan fingerprint density at radius 2 is 1.83 bits per heavy atom. The van der Waals surface area contributed by atoms with Gasteiger partial charge in [-0.25, -0.2) is 4.79 Å². The molecule has 2 rings (SSSR count). The molecule has 0 saturated carbocycles. The van der Waals surface area contributed by atoms with Gasteiger partial charge in [0.15, 0.2) is 0 Å². The van der Waals surface area contributed by atoms with Gasteiger partial charge in [-0.15, -0.1) is 0 Å². The van der Waals surface area contributed by atoms with E-state index in [2.05, 4.69) is 44.9 Å². The maximum absolute atomic E-state index is 11.8. The Kier molecular flexibility index (Phi) is 6.17. The number of carbonyl (C=O) groups excluding carboxylic acids is 1. The van der Waals surface area contributed by atoms with Crippen molar-refractivity contribution in [2.24, 2.45) is 7.05 Å². The zero-order valence-corrected chi connectivity index (χ0v) is 14.0. The molecule has 1 aromatic heterocycles. The Hall–Kier alpha value is -2.34. The van der Waals surface area contributed by atoms with Crippen LogP contribution in [0, 0.1) is 0 Å². The summed E-state index contributed by atoms with van der Waals surface area (Å²) >= 11 is 0. The second kappa shape index (κ2) is 8.33. The van der Waals surface area contributed by atoms with Gasteiger partial charge in [0.25, 0.3) is 0 Å². The van der Waals surface area contributed by atoms with Crippen molar-refractivity contribution in [2.75, 3.05) is 20.6 Å². The van der Waals surface area contributed by atoms with Crippen LogP contribution in [0.4, 0.5) is 4.79 Å². The van der Waals surface area contributed by atoms with Crippen LogP contribution in [-0.4, -0.2) is 41.4 Å². The first-order valence-corrected chi connectivity index (χ1v) is 7.74. The van der Waals surface area contributed by atoms with E-state index in [0.29, 0.717) is 13.1 Å². The molecule has 6 nitrogen and oxygen atoms in total. The van der Waals surface area contributed by atoms with Crippen molar-refractivity contribution in [1.29, 1.82) is 0 Å². The molecule has 6 heteroatoms. The minimum atomic E-state index is -0.147. The number of benzene rings is 1. The number of aryl methyl sites for hydroxylation is 1. The Morgan fingerprint density at radius 1 is 1.13 bits per heavy atom. The van der Waals surface area contributed by atoms with E-state index in [1.165, 1.54) is 5.56 Å². The molecule has 2 amide bonds. The molecule has 0 aliphatic carbocycles. The molecule has 0 radical (unpaired) electrons. The fourth-order valence-corrected chi connectivity index (χ4v) is 2.29. The summed E-state index contributed by atoms with van der Waals surface area (Å²) in [6.45, 7) is 2.04. The van der Waals surface area contributed by atoms with Crippen LogP contribution in [0.25, 0.3) is 0 Å². The van der Waals surface area contributed by atoms with Crippen molar-refractivity contribution in [3.8, 4) is 0 Å². The standard InChI is InChI=1S/C17H25N5O/c1-21(2)12-15-6-4-14(5-7-15)10-19-17(23)18-9-8-16-11-20-22(3)13-16/h4-7,11,13H,8-10,12H2,1-3H3,(H2,18,19,23). The fraction of sp³-hybridized carbons (Fsp3) is 0.412. The summed E-state index contributed by atoms with van der Waals surface area (Å²) in [6.07, 6.45) is 4.55. The number of nitrogens with zero attached hydrogens (tertiary/aromatic N) is 3. The predicted octanol–water partition coefficient (Wildman–Crippen LogP) is 1.52. The molecule has 1 aromatic carbocycles. The van der Waals surface area contributed by atoms with Gasteiger partial charge < -0.3 is 15.5 Å². The molecule has 0 fully saturated rings. The van der Waals surface area contributed by atoms with Crippen molar-refractivity contribution in [2.45, 2.75) is 19.5 Å². The third-order valence-electron chi connectivity index (χ3n) is 3.43. The van der Waals surface area contributed by atoms with Gasteiger partial charge in [-0.1, -0.05) is 24.3 Å². The van der Waals surface area contributed by atoms with E-state index >= 15 is 0 Å². The number of amides is 2. The van der Waals surface area contributed by atoms with Crippen LogP contribution in [0.1, 0.15) is 16.7 Å². The lowest BCUT2D eigenvalue weighted by atomic mass is 10.1. The fourth-order valence-electron chi connectivity index (χ4n) is 2.29. The Labute approximate surface area is 137 Å². The zero-order chi connectivity index (χ0) is 16.7. The van der Waals surface area contributed by atoms with Gasteiger partial charge >= 0.3 is 6.03 Å². The highest BCUT2D eigenvalue weighted by atomic mass is 16.2. The molecule has 0 aliphatic rings. The van der Waals surface area contributed by atoms with Gasteiger partial charge in [0.05, 0.1) is 6.20 Å². The van der Waals surface area contributed by atoms with E-state index < -0.39 is 0 Å². The minimum absolute atomic E-state index is 0.147. The molecular weight excluding hydrogens is 290 g/mol. The quantitative estimate of drug-likeness (QED) is 0.814. The Balaban J connectivity index is 1.67. The zero-order valence-electron chi connectivity index (χ0n) is 14.0. The Bertz CT molecular complexity index is 618. The molecule has 2 aromatic rings. The van der Waals surface area contributed by atoms with E-state index in [1.54, 1.807) is 4.68 Å². The van der Waals surface area contributed by atoms with Gasteiger partial charge in [-0.05, 0) is 37.2 Å². The van der Waals surface area contributed by atoms with Crippen LogP contribution < -0.4 is 10.6 Å². The van der Waals surface area contributed by atoms with E-state index in [0.717, 1.165) is 24.1 Å². The second-order valence-corrected chi connectivity index (χ2v) is 5.94. The molecule has 124 valence electrons. The second-order valence-electron chi connectivity index (χ2n) is 5.94. The molecular formula is C17H25N5O. The number of hydrogen-bond donors (Lipinski definition) is 2. The van der Waals surface area contributed by atoms with Crippen molar-refractivity contribution in [3.05, 3.63) is 53.3 Å². The topological polar surface area (TPSA) is 62.2 Å². The van der Waals surface area contributed by atoms with E-state index in [4.69, 9.17) is 0 Å². The van der Waals surface area contributed by atoms with Crippen molar-refractivity contribution in [3.63, 3.8) is 0 Å². The molecule has 0 saturated heterocycles. The smallest absolute Gasteiger partial charge is 0.315 e. The first-order valence-electron chi connectivity index (χ1n) is 7.74. The maximum atomic E-state index is 11.8. The van der Waals surface area contributed by atoms with Crippen LogP contribution in [0.5, 0.6) is 0 Å². The number of urea groups is 1. The largest absolute Gasteiger partial charge is 0.338 e. The minimum Gasteiger partial charge on any atom is -0.338 e. The third-order valence-corrected chi connectivity index (χ3v) is 3.43. The summed E-state index contributed by atoms with van der Waals surface area (Å²) in [5, 5.41) is 9.82. The number of hydrogen-bond acceptors (Lipinski definition) is 3. The molecule has 0 atom stereocenters. The van der Waals surface area contributed by atoms with Crippen molar-refractivity contribution >= 4 is 6.03 Å². The summed E-state index contributed by atoms with van der Waals surface area (Å²) < 4.78 is 1.76. The summed E-state index contributed by atoms with van der Waals surface area (Å²) in [5.41, 5.74) is 3.47. The first-order chi connectivity index (χ1) is 11.0. The van der Waals surface area contributed by atoms with Crippen LogP contribution in [0.2, 0.25) is 0 Å². The van der Waals surface area contributed by atoms with Crippen molar-refractivity contribution in [1.82, 2.24) is 25.3 Å². The molecule has 0 aliphatic heterocycles. The van der Waals surface area contributed by atoms with Gasteiger partial charge in [0, 0.05) is 32.9 Å². The van der Waals surface area contributed by atoms with Gasteiger partial charge in [0.1, 0.15) is 0 Å². The highest BCUT2D eigenvalue weighted by Gasteiger charge is 2.02.